The fraction of sp³-hybridized carbons (Fsp3) is 0.263. The van der Waals surface area contributed by atoms with Crippen LogP contribution in [0.5, 0.6) is 0 Å². The molecule has 1 N–H and O–H groups in total. The molecule has 0 bridgehead atoms. The van der Waals surface area contributed by atoms with Crippen LogP contribution < -0.4 is 0 Å². The van der Waals surface area contributed by atoms with E-state index < -0.39 is 4.65 Å². The molecule has 6 heteroatoms. The van der Waals surface area contributed by atoms with Gasteiger partial charge in [0.05, 0.1) is 16.0 Å². The smallest absolute Gasteiger partial charge is 0.255 e. The third-order valence-electron chi connectivity index (χ3n) is 4.56. The Labute approximate surface area is 154 Å². The maximum absolute atomic E-state index is 13.1. The van der Waals surface area contributed by atoms with Crippen molar-refractivity contribution in [2.24, 2.45) is 0 Å². The molecule has 0 aliphatic carbocycles. The molecule has 3 aromatic heterocycles. The molecular weight excluding hydrogens is 352 g/mol. The predicted octanol–water partition coefficient (Wildman–Crippen LogP) is 4.71. The summed E-state index contributed by atoms with van der Waals surface area (Å²) >= 11 is 3.09. The highest BCUT2D eigenvalue weighted by molar-refractivity contribution is 7.17. The Morgan fingerprint density at radius 1 is 1.24 bits per heavy atom. The van der Waals surface area contributed by atoms with Crippen LogP contribution in [0.25, 0.3) is 10.6 Å². The van der Waals surface area contributed by atoms with Crippen LogP contribution in [0, 0.1) is 0 Å². The third-order valence-corrected chi connectivity index (χ3v) is 6.98. The lowest BCUT2D eigenvalue weighted by Gasteiger charge is -2.39. The maximum atomic E-state index is 13.1. The van der Waals surface area contributed by atoms with Crippen molar-refractivity contribution in [3.8, 4) is 10.6 Å². The summed E-state index contributed by atoms with van der Waals surface area (Å²) in [6.07, 6.45) is 1.74. The number of hydroxylamine groups is 3. The number of amides is 1. The van der Waals surface area contributed by atoms with Crippen LogP contribution in [0.4, 0.5) is 0 Å². The molecule has 3 aromatic rings. The van der Waals surface area contributed by atoms with Gasteiger partial charge in [-0.25, -0.2) is 10.0 Å². The molecule has 0 radical (unpaired) electrons. The molecule has 25 heavy (non-hydrogen) atoms. The van der Waals surface area contributed by atoms with Gasteiger partial charge in [0.2, 0.25) is 0 Å². The van der Waals surface area contributed by atoms with E-state index in [9.17, 15) is 10.0 Å². The van der Waals surface area contributed by atoms with Crippen molar-refractivity contribution in [2.75, 3.05) is 6.54 Å². The molecule has 0 aromatic carbocycles. The number of nitrogens with zero attached hydrogens (tertiary/aromatic N) is 2. The number of quaternary nitrogens is 1. The lowest BCUT2D eigenvalue weighted by Crippen LogP contribution is -2.57. The van der Waals surface area contributed by atoms with Gasteiger partial charge >= 0.3 is 5.91 Å². The number of thiophene rings is 2. The van der Waals surface area contributed by atoms with Gasteiger partial charge in [-0.05, 0) is 49.6 Å². The van der Waals surface area contributed by atoms with Crippen LogP contribution >= 0.6 is 22.7 Å². The molecule has 0 fully saturated rings. The van der Waals surface area contributed by atoms with Crippen molar-refractivity contribution in [3.63, 3.8) is 0 Å². The summed E-state index contributed by atoms with van der Waals surface area (Å²) in [6, 6.07) is 11.4. The van der Waals surface area contributed by atoms with Gasteiger partial charge in [-0.15, -0.1) is 27.3 Å². The van der Waals surface area contributed by atoms with Gasteiger partial charge in [0.1, 0.15) is 18.0 Å². The Bertz CT molecular complexity index is 930. The Hall–Kier alpha value is -1.86. The number of pyridine rings is 1. The third kappa shape index (κ3) is 2.85. The normalized spacial score (nSPS) is 21.7. The maximum Gasteiger partial charge on any atom is 0.388 e. The van der Waals surface area contributed by atoms with E-state index >= 15 is 0 Å². The Morgan fingerprint density at radius 2 is 2.08 bits per heavy atom. The van der Waals surface area contributed by atoms with Crippen LogP contribution in [0.15, 0.2) is 48.0 Å². The van der Waals surface area contributed by atoms with E-state index in [1.165, 1.54) is 16.2 Å². The quantitative estimate of drug-likeness (QED) is 0.524. The van der Waals surface area contributed by atoms with Crippen molar-refractivity contribution in [1.29, 1.82) is 0 Å². The second kappa shape index (κ2) is 5.85. The molecule has 0 saturated heterocycles. The number of carbonyl (C=O) groups excluding carboxylic acids is 1. The average molecular weight is 372 g/mol. The van der Waals surface area contributed by atoms with E-state index in [-0.39, 0.29) is 11.3 Å². The van der Waals surface area contributed by atoms with E-state index in [2.05, 4.69) is 18.8 Å². The minimum atomic E-state index is -0.571. The molecule has 0 saturated carbocycles. The molecule has 1 aliphatic rings. The number of hydrogen-bond acceptors (Lipinski definition) is 5. The highest BCUT2D eigenvalue weighted by Gasteiger charge is 2.49. The van der Waals surface area contributed by atoms with Gasteiger partial charge < -0.3 is 0 Å². The summed E-state index contributed by atoms with van der Waals surface area (Å²) in [5.74, 6) is -0.239. The van der Waals surface area contributed by atoms with Crippen molar-refractivity contribution in [3.05, 3.63) is 63.3 Å². The van der Waals surface area contributed by atoms with Crippen LogP contribution in [0.1, 0.15) is 34.0 Å². The zero-order valence-electron chi connectivity index (χ0n) is 14.1. The molecule has 0 spiro atoms. The van der Waals surface area contributed by atoms with Gasteiger partial charge in [0.15, 0.2) is 0 Å². The van der Waals surface area contributed by atoms with Gasteiger partial charge in [0, 0.05) is 16.6 Å². The van der Waals surface area contributed by atoms with Gasteiger partial charge in [-0.2, -0.15) is 0 Å². The van der Waals surface area contributed by atoms with Gasteiger partial charge in [-0.3, -0.25) is 4.98 Å². The van der Waals surface area contributed by atoms with Crippen LogP contribution in [-0.2, 0) is 12.0 Å². The monoisotopic (exact) mass is 371 g/mol. The van der Waals surface area contributed by atoms with Crippen molar-refractivity contribution in [2.45, 2.75) is 25.8 Å². The number of rotatable bonds is 2. The molecule has 4 nitrogen and oxygen atoms in total. The van der Waals surface area contributed by atoms with Crippen molar-refractivity contribution >= 4 is 28.6 Å². The summed E-state index contributed by atoms with van der Waals surface area (Å²) in [5, 5.41) is 13.2. The second-order valence-electron chi connectivity index (χ2n) is 7.08. The molecule has 128 valence electrons. The van der Waals surface area contributed by atoms with E-state index in [0.29, 0.717) is 18.0 Å². The van der Waals surface area contributed by atoms with E-state index in [4.69, 9.17) is 0 Å². The van der Waals surface area contributed by atoms with Crippen LogP contribution in [0.3, 0.4) is 0 Å². The first-order valence-electron chi connectivity index (χ1n) is 8.12. The van der Waals surface area contributed by atoms with Gasteiger partial charge in [-0.1, -0.05) is 6.07 Å². The summed E-state index contributed by atoms with van der Waals surface area (Å²) in [7, 11) is 0. The summed E-state index contributed by atoms with van der Waals surface area (Å²) in [5.41, 5.74) is 1.68. The first kappa shape index (κ1) is 16.6. The molecule has 4 rings (SSSR count). The number of hydrogen-bond donors (Lipinski definition) is 1. The molecule has 1 amide bonds. The van der Waals surface area contributed by atoms with Crippen molar-refractivity contribution in [1.82, 2.24) is 4.98 Å². The fourth-order valence-electron chi connectivity index (χ4n) is 3.57. The fourth-order valence-corrected chi connectivity index (χ4v) is 5.59. The first-order valence-corrected chi connectivity index (χ1v) is 9.81. The standard InChI is InChI=1S/C19H19N2O2S2/c1-19(2)12-21(23,11-13-8-10-24-17(13)19)18(22)16-7-6-15(25-16)14-5-3-4-9-20-14/h3-10,23H,11-12H2,1-2H3/q+1. The largest absolute Gasteiger partial charge is 0.388 e. The van der Waals surface area contributed by atoms with Crippen LogP contribution in [-0.4, -0.2) is 27.3 Å². The number of fused-ring (bicyclic) bond motifs is 1. The molecule has 1 unspecified atom stereocenters. The number of aromatic nitrogens is 1. The second-order valence-corrected chi connectivity index (χ2v) is 9.08. The lowest BCUT2D eigenvalue weighted by molar-refractivity contribution is -1.05. The topological polar surface area (TPSA) is 50.2 Å². The summed E-state index contributed by atoms with van der Waals surface area (Å²) in [4.78, 5) is 20.2. The average Bonchev–Trinajstić information content (AvgIpc) is 3.23. The van der Waals surface area contributed by atoms with Crippen LogP contribution in [0.2, 0.25) is 0 Å². The molecule has 1 atom stereocenters. The Morgan fingerprint density at radius 3 is 2.84 bits per heavy atom. The highest BCUT2D eigenvalue weighted by atomic mass is 32.1. The Balaban J connectivity index is 1.67. The zero-order chi connectivity index (χ0) is 17.7. The van der Waals surface area contributed by atoms with E-state index in [1.807, 2.05) is 35.7 Å². The van der Waals surface area contributed by atoms with Crippen molar-refractivity contribution < 1.29 is 14.6 Å². The van der Waals surface area contributed by atoms with E-state index in [1.54, 1.807) is 23.6 Å². The highest BCUT2D eigenvalue weighted by Crippen LogP contribution is 2.41. The molecule has 4 heterocycles. The minimum Gasteiger partial charge on any atom is -0.255 e. The molecular formula is C19H19N2O2S2+. The SMILES string of the molecule is CC1(C)C[N+](O)(C(=O)c2ccc(-c3ccccn3)s2)Cc2ccsc21. The van der Waals surface area contributed by atoms with Gasteiger partial charge in [0.25, 0.3) is 0 Å². The summed E-state index contributed by atoms with van der Waals surface area (Å²) in [6.45, 7) is 4.89. The first-order chi connectivity index (χ1) is 11.9. The molecule has 1 aliphatic heterocycles. The Kier molecular flexibility index (Phi) is 3.88. The predicted molar refractivity (Wildman–Crippen MR) is 99.8 cm³/mol. The summed E-state index contributed by atoms with van der Waals surface area (Å²) < 4.78 is -0.571. The number of carbonyl (C=O) groups is 1. The lowest BCUT2D eigenvalue weighted by atomic mass is 9.84. The zero-order valence-corrected chi connectivity index (χ0v) is 15.7. The van der Waals surface area contributed by atoms with E-state index in [0.717, 1.165) is 16.1 Å². The minimum absolute atomic E-state index is 0.229.